The van der Waals surface area contributed by atoms with E-state index in [2.05, 4.69) is 0 Å². The van der Waals surface area contributed by atoms with Gasteiger partial charge in [-0.1, -0.05) is 91.0 Å². The maximum Gasteiger partial charge on any atom is 0.174 e. The minimum absolute atomic E-state index is 0.279. The topological polar surface area (TPSA) is 61.8 Å². The van der Waals surface area contributed by atoms with E-state index < -0.39 is 11.8 Å². The van der Waals surface area contributed by atoms with Crippen LogP contribution in [0.1, 0.15) is 37.8 Å². The number of rotatable bonds is 10. The lowest BCUT2D eigenvalue weighted by atomic mass is 9.73. The Morgan fingerprint density at radius 1 is 0.583 bits per heavy atom. The lowest BCUT2D eigenvalue weighted by Crippen LogP contribution is -2.32. The molecule has 0 heterocycles. The molecule has 0 fully saturated rings. The molecule has 0 bridgehead atoms. The summed E-state index contributed by atoms with van der Waals surface area (Å²) < 4.78 is 17.0. The lowest BCUT2D eigenvalue weighted by molar-refractivity contribution is 0.0792. The largest absolute Gasteiger partial charge is 0.496 e. The fourth-order valence-electron chi connectivity index (χ4n) is 4.51. The first-order chi connectivity index (χ1) is 17.6. The zero-order valence-electron chi connectivity index (χ0n) is 20.5. The van der Waals surface area contributed by atoms with Crippen LogP contribution in [0, 0.1) is 5.92 Å². The van der Waals surface area contributed by atoms with Crippen molar-refractivity contribution in [3.8, 4) is 17.2 Å². The first kappa shape index (κ1) is 24.7. The average molecular weight is 481 g/mol. The number of hydrogen-bond acceptors (Lipinski definition) is 5. The fraction of sp³-hybridized carbons (Fsp3) is 0.161. The molecule has 0 spiro atoms. The minimum Gasteiger partial charge on any atom is -0.496 e. The molecule has 0 saturated carbocycles. The number of Topliss-reactive ketones (excluding diaryl/α,β-unsaturated/α-hetero) is 2. The highest BCUT2D eigenvalue weighted by molar-refractivity contribution is 6.17. The molecule has 5 nitrogen and oxygen atoms in total. The molecular weight excluding hydrogens is 452 g/mol. The second-order valence-electron chi connectivity index (χ2n) is 8.27. The summed E-state index contributed by atoms with van der Waals surface area (Å²) in [5.74, 6) is -0.856. The van der Waals surface area contributed by atoms with Crippen molar-refractivity contribution < 1.29 is 23.8 Å². The van der Waals surface area contributed by atoms with Crippen LogP contribution in [0.3, 0.4) is 0 Å². The summed E-state index contributed by atoms with van der Waals surface area (Å²) in [7, 11) is 4.66. The van der Waals surface area contributed by atoms with Crippen molar-refractivity contribution in [3.05, 3.63) is 125 Å². The quantitative estimate of drug-likeness (QED) is 0.199. The van der Waals surface area contributed by atoms with Crippen LogP contribution in [0.5, 0.6) is 17.2 Å². The molecule has 0 saturated heterocycles. The van der Waals surface area contributed by atoms with E-state index in [9.17, 15) is 9.59 Å². The van der Waals surface area contributed by atoms with Gasteiger partial charge >= 0.3 is 0 Å². The van der Waals surface area contributed by atoms with Crippen LogP contribution in [-0.4, -0.2) is 32.9 Å². The van der Waals surface area contributed by atoms with Crippen LogP contribution < -0.4 is 14.2 Å². The summed E-state index contributed by atoms with van der Waals surface area (Å²) in [5.41, 5.74) is 2.31. The maximum atomic E-state index is 14.1. The molecule has 0 aliphatic heterocycles. The third-order valence-electron chi connectivity index (χ3n) is 6.24. The number of carbonyl (C=O) groups is 2. The molecule has 0 radical (unpaired) electrons. The van der Waals surface area contributed by atoms with Gasteiger partial charge < -0.3 is 14.2 Å². The van der Waals surface area contributed by atoms with Crippen LogP contribution in [-0.2, 0) is 0 Å². The molecule has 0 aromatic heterocycles. The number of ether oxygens (including phenoxy) is 3. The number of carbonyl (C=O) groups excluding carboxylic acids is 2. The third-order valence-corrected chi connectivity index (χ3v) is 6.24. The van der Waals surface area contributed by atoms with Crippen molar-refractivity contribution in [2.45, 2.75) is 5.92 Å². The molecular formula is C31H28O5. The number of methoxy groups -OCH3 is 3. The molecule has 1 atom stereocenters. The zero-order chi connectivity index (χ0) is 25.5. The van der Waals surface area contributed by atoms with Gasteiger partial charge in [-0.3, -0.25) is 9.59 Å². The Labute approximate surface area is 211 Å². The number of ketones is 2. The van der Waals surface area contributed by atoms with Crippen molar-refractivity contribution in [1.29, 1.82) is 0 Å². The lowest BCUT2D eigenvalue weighted by Gasteiger charge is -2.29. The van der Waals surface area contributed by atoms with Crippen LogP contribution in [0.15, 0.2) is 103 Å². The van der Waals surface area contributed by atoms with Gasteiger partial charge in [0.15, 0.2) is 11.6 Å². The minimum atomic E-state index is -1.08. The molecule has 1 unspecified atom stereocenters. The highest BCUT2D eigenvalue weighted by Gasteiger charge is 2.40. The van der Waals surface area contributed by atoms with E-state index in [4.69, 9.17) is 14.2 Å². The van der Waals surface area contributed by atoms with Crippen LogP contribution in [0.4, 0.5) is 0 Å². The standard InChI is InChI=1S/C31H28O5/c1-34-24-19-25(35-2)28(26(20-24)36-3)27(21-13-7-4-8-14-21)29(30(32)22-15-9-5-10-16-22)31(33)23-17-11-6-12-18-23/h4-20,27,29H,1-3H3. The molecule has 4 aromatic carbocycles. The molecule has 182 valence electrons. The molecule has 5 heteroatoms. The van der Waals surface area contributed by atoms with Crippen molar-refractivity contribution >= 4 is 11.6 Å². The summed E-state index contributed by atoms with van der Waals surface area (Å²) in [5, 5.41) is 0. The van der Waals surface area contributed by atoms with Gasteiger partial charge in [0, 0.05) is 34.7 Å². The Kier molecular flexibility index (Phi) is 7.81. The highest BCUT2D eigenvalue weighted by Crippen LogP contribution is 2.46. The SMILES string of the molecule is COc1cc(OC)c(C(c2ccccc2)C(C(=O)c2ccccc2)C(=O)c2ccccc2)c(OC)c1. The van der Waals surface area contributed by atoms with E-state index in [1.807, 2.05) is 42.5 Å². The number of hydrogen-bond donors (Lipinski definition) is 0. The average Bonchev–Trinajstić information content (AvgIpc) is 2.96. The first-order valence-electron chi connectivity index (χ1n) is 11.6. The Morgan fingerprint density at radius 3 is 1.39 bits per heavy atom. The van der Waals surface area contributed by atoms with Gasteiger partial charge in [0.05, 0.1) is 27.2 Å². The normalized spacial score (nSPS) is 11.6. The molecule has 4 aromatic rings. The number of benzene rings is 4. The van der Waals surface area contributed by atoms with Crippen molar-refractivity contribution in [2.24, 2.45) is 5.92 Å². The van der Waals surface area contributed by atoms with Crippen molar-refractivity contribution in [1.82, 2.24) is 0 Å². The van der Waals surface area contributed by atoms with Crippen LogP contribution in [0.25, 0.3) is 0 Å². The Bertz CT molecular complexity index is 1240. The highest BCUT2D eigenvalue weighted by atomic mass is 16.5. The van der Waals surface area contributed by atoms with E-state index >= 15 is 0 Å². The molecule has 0 aliphatic carbocycles. The molecule has 0 amide bonds. The fourth-order valence-corrected chi connectivity index (χ4v) is 4.51. The third kappa shape index (κ3) is 5.01. The second-order valence-corrected chi connectivity index (χ2v) is 8.27. The predicted molar refractivity (Wildman–Crippen MR) is 139 cm³/mol. The molecule has 36 heavy (non-hydrogen) atoms. The van der Waals surface area contributed by atoms with E-state index in [-0.39, 0.29) is 11.6 Å². The second kappa shape index (κ2) is 11.4. The van der Waals surface area contributed by atoms with E-state index in [1.165, 1.54) is 0 Å². The van der Waals surface area contributed by atoms with Gasteiger partial charge in [0.25, 0.3) is 0 Å². The predicted octanol–water partition coefficient (Wildman–Crippen LogP) is 6.23. The van der Waals surface area contributed by atoms with E-state index in [0.717, 1.165) is 5.56 Å². The van der Waals surface area contributed by atoms with Gasteiger partial charge in [-0.05, 0) is 5.56 Å². The van der Waals surface area contributed by atoms with Crippen molar-refractivity contribution in [3.63, 3.8) is 0 Å². The smallest absolute Gasteiger partial charge is 0.174 e. The zero-order valence-corrected chi connectivity index (χ0v) is 20.5. The van der Waals surface area contributed by atoms with Crippen molar-refractivity contribution in [2.75, 3.05) is 21.3 Å². The molecule has 0 aliphatic rings. The van der Waals surface area contributed by atoms with Gasteiger partial charge in [0.1, 0.15) is 17.2 Å². The van der Waals surface area contributed by atoms with Gasteiger partial charge in [-0.15, -0.1) is 0 Å². The Morgan fingerprint density at radius 2 is 1.00 bits per heavy atom. The summed E-state index contributed by atoms with van der Waals surface area (Å²) in [6, 6.07) is 30.8. The van der Waals surface area contributed by atoms with Crippen LogP contribution in [0.2, 0.25) is 0 Å². The molecule has 4 rings (SSSR count). The summed E-state index contributed by atoms with van der Waals surface area (Å²) >= 11 is 0. The Hall–Kier alpha value is -4.38. The first-order valence-corrected chi connectivity index (χ1v) is 11.6. The van der Waals surface area contributed by atoms with Crippen LogP contribution >= 0.6 is 0 Å². The van der Waals surface area contributed by atoms with Gasteiger partial charge in [-0.25, -0.2) is 0 Å². The Balaban J connectivity index is 2.02. The monoisotopic (exact) mass is 480 g/mol. The maximum absolute atomic E-state index is 14.1. The molecule has 0 N–H and O–H groups in total. The summed E-state index contributed by atoms with van der Waals surface area (Å²) in [6.45, 7) is 0. The van der Waals surface area contributed by atoms with E-state index in [0.29, 0.717) is 33.9 Å². The van der Waals surface area contributed by atoms with Gasteiger partial charge in [0.2, 0.25) is 0 Å². The van der Waals surface area contributed by atoms with E-state index in [1.54, 1.807) is 82.0 Å². The summed E-state index contributed by atoms with van der Waals surface area (Å²) in [4.78, 5) is 28.3. The van der Waals surface area contributed by atoms with Gasteiger partial charge in [-0.2, -0.15) is 0 Å². The summed E-state index contributed by atoms with van der Waals surface area (Å²) in [6.07, 6.45) is 0.